The van der Waals surface area contributed by atoms with Crippen molar-refractivity contribution in [3.63, 3.8) is 0 Å². The van der Waals surface area contributed by atoms with Crippen LogP contribution in [0.1, 0.15) is 58.3 Å². The first-order valence-corrected chi connectivity index (χ1v) is 8.75. The molecule has 0 aromatic rings. The molecule has 0 aromatic carbocycles. The highest BCUT2D eigenvalue weighted by Gasteiger charge is 2.25. The van der Waals surface area contributed by atoms with Gasteiger partial charge in [0, 0.05) is 32.3 Å². The minimum Gasteiger partial charge on any atom is -0.375 e. The van der Waals surface area contributed by atoms with Crippen molar-refractivity contribution >= 4 is 5.91 Å². The van der Waals surface area contributed by atoms with Crippen LogP contribution in [0.2, 0.25) is 0 Å². The molecule has 0 spiro atoms. The van der Waals surface area contributed by atoms with Crippen LogP contribution in [0.5, 0.6) is 0 Å². The van der Waals surface area contributed by atoms with Crippen LogP contribution in [0.4, 0.5) is 0 Å². The lowest BCUT2D eigenvalue weighted by molar-refractivity contribution is -0.136. The zero-order chi connectivity index (χ0) is 15.1. The minimum atomic E-state index is 0.135. The largest absolute Gasteiger partial charge is 0.375 e. The second-order valence-electron chi connectivity index (χ2n) is 6.73. The number of piperidine rings is 1. The summed E-state index contributed by atoms with van der Waals surface area (Å²) in [5.41, 5.74) is 0. The molecule has 1 aliphatic carbocycles. The Hall–Kier alpha value is -0.610. The van der Waals surface area contributed by atoms with Gasteiger partial charge in [-0.2, -0.15) is 0 Å². The van der Waals surface area contributed by atoms with Crippen molar-refractivity contribution in [2.24, 2.45) is 5.92 Å². The van der Waals surface area contributed by atoms with E-state index in [2.05, 4.69) is 12.2 Å². The molecule has 2 atom stereocenters. The molecule has 2 rings (SSSR count). The van der Waals surface area contributed by atoms with Gasteiger partial charge in [0.05, 0.1) is 0 Å². The van der Waals surface area contributed by atoms with Gasteiger partial charge in [0.15, 0.2) is 0 Å². The maximum atomic E-state index is 11.8. The SMILES string of the molecule is CCC1CCCC(NC2CCN(C(=O)COC)CC2)CC1. The van der Waals surface area contributed by atoms with E-state index in [4.69, 9.17) is 4.74 Å². The Morgan fingerprint density at radius 3 is 2.48 bits per heavy atom. The van der Waals surface area contributed by atoms with Crippen LogP contribution in [0, 0.1) is 5.92 Å². The third-order valence-electron chi connectivity index (χ3n) is 5.25. The second-order valence-corrected chi connectivity index (χ2v) is 6.73. The summed E-state index contributed by atoms with van der Waals surface area (Å²) >= 11 is 0. The first-order valence-electron chi connectivity index (χ1n) is 8.75. The third-order valence-corrected chi connectivity index (χ3v) is 5.25. The van der Waals surface area contributed by atoms with E-state index in [9.17, 15) is 4.79 Å². The van der Waals surface area contributed by atoms with Crippen molar-refractivity contribution in [2.45, 2.75) is 70.4 Å². The van der Waals surface area contributed by atoms with Crippen LogP contribution in [-0.2, 0) is 9.53 Å². The number of hydrogen-bond donors (Lipinski definition) is 1. The summed E-state index contributed by atoms with van der Waals surface area (Å²) in [4.78, 5) is 13.7. The summed E-state index contributed by atoms with van der Waals surface area (Å²) in [5, 5.41) is 3.86. The number of hydrogen-bond acceptors (Lipinski definition) is 3. The summed E-state index contributed by atoms with van der Waals surface area (Å²) in [6.07, 6.45) is 10.4. The van der Waals surface area contributed by atoms with E-state index >= 15 is 0 Å². The van der Waals surface area contributed by atoms with Crippen molar-refractivity contribution < 1.29 is 9.53 Å². The van der Waals surface area contributed by atoms with Gasteiger partial charge in [-0.1, -0.05) is 26.2 Å². The van der Waals surface area contributed by atoms with Gasteiger partial charge in [-0.25, -0.2) is 0 Å². The van der Waals surface area contributed by atoms with Crippen LogP contribution in [0.15, 0.2) is 0 Å². The van der Waals surface area contributed by atoms with Gasteiger partial charge < -0.3 is 15.0 Å². The molecule has 1 N–H and O–H groups in total. The molecule has 1 amide bonds. The molecule has 2 fully saturated rings. The van der Waals surface area contributed by atoms with Crippen LogP contribution in [0.25, 0.3) is 0 Å². The first-order chi connectivity index (χ1) is 10.2. The van der Waals surface area contributed by atoms with E-state index in [1.807, 2.05) is 4.90 Å². The second kappa shape index (κ2) is 8.74. The Balaban J connectivity index is 1.69. The molecule has 1 heterocycles. The Labute approximate surface area is 129 Å². The van der Waals surface area contributed by atoms with Crippen molar-refractivity contribution in [3.05, 3.63) is 0 Å². The van der Waals surface area contributed by atoms with Gasteiger partial charge in [-0.3, -0.25) is 4.79 Å². The molecule has 4 nitrogen and oxygen atoms in total. The first kappa shape index (κ1) is 16.8. The van der Waals surface area contributed by atoms with Gasteiger partial charge in [0.1, 0.15) is 6.61 Å². The molecule has 1 aliphatic heterocycles. The molecule has 4 heteroatoms. The van der Waals surface area contributed by atoms with Gasteiger partial charge in [0.25, 0.3) is 0 Å². The average Bonchev–Trinajstić information content (AvgIpc) is 2.73. The smallest absolute Gasteiger partial charge is 0.248 e. The number of nitrogens with one attached hydrogen (secondary N) is 1. The van der Waals surface area contributed by atoms with E-state index in [1.54, 1.807) is 7.11 Å². The Morgan fingerprint density at radius 2 is 1.81 bits per heavy atom. The maximum Gasteiger partial charge on any atom is 0.248 e. The zero-order valence-corrected chi connectivity index (χ0v) is 13.8. The number of rotatable bonds is 5. The normalized spacial score (nSPS) is 28.4. The topological polar surface area (TPSA) is 41.6 Å². The molecule has 0 bridgehead atoms. The van der Waals surface area contributed by atoms with Crippen LogP contribution >= 0.6 is 0 Å². The molecule has 0 aromatic heterocycles. The monoisotopic (exact) mass is 296 g/mol. The predicted octanol–water partition coefficient (Wildman–Crippen LogP) is 2.57. The standard InChI is InChI=1S/C17H32N2O2/c1-3-14-5-4-6-15(8-7-14)18-16-9-11-19(12-10-16)17(20)13-21-2/h14-16,18H,3-13H2,1-2H3. The molecule has 0 radical (unpaired) electrons. The quantitative estimate of drug-likeness (QED) is 0.793. The molecular weight excluding hydrogens is 264 g/mol. The molecule has 1 saturated carbocycles. The summed E-state index contributed by atoms with van der Waals surface area (Å²) in [6, 6.07) is 1.30. The van der Waals surface area contributed by atoms with Crippen LogP contribution in [0.3, 0.4) is 0 Å². The van der Waals surface area contributed by atoms with E-state index in [-0.39, 0.29) is 12.5 Å². The van der Waals surface area contributed by atoms with Gasteiger partial charge >= 0.3 is 0 Å². The Bertz CT molecular complexity index is 314. The fourth-order valence-corrected chi connectivity index (χ4v) is 3.80. The van der Waals surface area contributed by atoms with E-state index in [1.165, 1.54) is 38.5 Å². The van der Waals surface area contributed by atoms with E-state index < -0.39 is 0 Å². The fourth-order valence-electron chi connectivity index (χ4n) is 3.80. The molecule has 2 unspecified atom stereocenters. The Morgan fingerprint density at radius 1 is 1.10 bits per heavy atom. The van der Waals surface area contributed by atoms with Crippen LogP contribution in [-0.4, -0.2) is 49.7 Å². The summed E-state index contributed by atoms with van der Waals surface area (Å²) in [5.74, 6) is 1.08. The number of methoxy groups -OCH3 is 1. The molecule has 1 saturated heterocycles. The fraction of sp³-hybridized carbons (Fsp3) is 0.941. The number of likely N-dealkylation sites (tertiary alicyclic amines) is 1. The highest BCUT2D eigenvalue weighted by Crippen LogP contribution is 2.26. The third kappa shape index (κ3) is 5.26. The Kier molecular flexibility index (Phi) is 6.97. The zero-order valence-electron chi connectivity index (χ0n) is 13.8. The average molecular weight is 296 g/mol. The predicted molar refractivity (Wildman–Crippen MR) is 85.3 cm³/mol. The maximum absolute atomic E-state index is 11.8. The number of nitrogens with zero attached hydrogens (tertiary/aromatic N) is 1. The van der Waals surface area contributed by atoms with Crippen molar-refractivity contribution in [1.29, 1.82) is 0 Å². The summed E-state index contributed by atoms with van der Waals surface area (Å²) in [7, 11) is 1.59. The highest BCUT2D eigenvalue weighted by molar-refractivity contribution is 5.77. The molecule has 21 heavy (non-hydrogen) atoms. The van der Waals surface area contributed by atoms with E-state index in [0.29, 0.717) is 12.1 Å². The molecule has 122 valence electrons. The lowest BCUT2D eigenvalue weighted by atomic mass is 9.97. The summed E-state index contributed by atoms with van der Waals surface area (Å²) in [6.45, 7) is 4.30. The molecular formula is C17H32N2O2. The van der Waals surface area contributed by atoms with Gasteiger partial charge in [-0.15, -0.1) is 0 Å². The van der Waals surface area contributed by atoms with Gasteiger partial charge in [-0.05, 0) is 38.0 Å². The summed E-state index contributed by atoms with van der Waals surface area (Å²) < 4.78 is 4.93. The van der Waals surface area contributed by atoms with Crippen molar-refractivity contribution in [3.8, 4) is 0 Å². The highest BCUT2D eigenvalue weighted by atomic mass is 16.5. The van der Waals surface area contributed by atoms with Crippen molar-refractivity contribution in [2.75, 3.05) is 26.8 Å². The van der Waals surface area contributed by atoms with E-state index in [0.717, 1.165) is 31.8 Å². The number of amides is 1. The number of ether oxygens (including phenoxy) is 1. The minimum absolute atomic E-state index is 0.135. The number of carbonyl (C=O) groups is 1. The van der Waals surface area contributed by atoms with Crippen LogP contribution < -0.4 is 5.32 Å². The van der Waals surface area contributed by atoms with Crippen molar-refractivity contribution in [1.82, 2.24) is 10.2 Å². The lowest BCUT2D eigenvalue weighted by Gasteiger charge is -2.34. The molecule has 2 aliphatic rings. The van der Waals surface area contributed by atoms with Gasteiger partial charge in [0.2, 0.25) is 5.91 Å². The number of carbonyl (C=O) groups excluding carboxylic acids is 1. The lowest BCUT2D eigenvalue weighted by Crippen LogP contribution is -2.48.